The Morgan fingerprint density at radius 2 is 1.58 bits per heavy atom. The van der Waals surface area contributed by atoms with Gasteiger partial charge < -0.3 is 10.2 Å². The van der Waals surface area contributed by atoms with Crippen molar-refractivity contribution < 1.29 is 13.8 Å². The van der Waals surface area contributed by atoms with Crippen LogP contribution >= 0.6 is 23.2 Å². The maximum Gasteiger partial charge on any atom is 0.259 e. The van der Waals surface area contributed by atoms with Gasteiger partial charge in [0, 0.05) is 22.2 Å². The summed E-state index contributed by atoms with van der Waals surface area (Å²) in [5, 5.41) is 4.06. The Kier molecular flexibility index (Phi) is 6.92. The lowest BCUT2D eigenvalue weighted by Crippen LogP contribution is -2.31. The van der Waals surface area contributed by atoms with Gasteiger partial charge in [-0.25, -0.2) is 4.21 Å². The summed E-state index contributed by atoms with van der Waals surface area (Å²) < 4.78 is 13.5. The number of amides is 2. The zero-order valence-corrected chi connectivity index (χ0v) is 21.2. The molecule has 2 amide bonds. The molecule has 0 radical (unpaired) electrons. The summed E-state index contributed by atoms with van der Waals surface area (Å²) >= 11 is 12.1. The monoisotopic (exact) mass is 534 g/mol. The van der Waals surface area contributed by atoms with E-state index in [0.717, 1.165) is 11.1 Å². The first-order valence-electron chi connectivity index (χ1n) is 11.1. The highest BCUT2D eigenvalue weighted by Gasteiger charge is 2.31. The zero-order valence-electron chi connectivity index (χ0n) is 18.9. The van der Waals surface area contributed by atoms with Gasteiger partial charge in [-0.15, -0.1) is 0 Å². The van der Waals surface area contributed by atoms with Gasteiger partial charge in [-0.3, -0.25) is 9.59 Å². The third-order valence-electron chi connectivity index (χ3n) is 5.87. The largest absolute Gasteiger partial charge is 0.348 e. The van der Waals surface area contributed by atoms with E-state index < -0.39 is 10.8 Å². The van der Waals surface area contributed by atoms with Crippen molar-refractivity contribution in [2.45, 2.75) is 22.9 Å². The first-order chi connectivity index (χ1) is 17.4. The normalized spacial score (nSPS) is 14.6. The molecule has 1 N–H and O–H groups in total. The number of nitrogens with zero attached hydrogens (tertiary/aromatic N) is 1. The molecule has 0 unspecified atom stereocenters. The number of rotatable bonds is 5. The molecule has 180 valence electrons. The third-order valence-corrected chi connectivity index (χ3v) is 7.86. The topological polar surface area (TPSA) is 66.5 Å². The molecular weight excluding hydrogens is 515 g/mol. The molecule has 1 heterocycles. The van der Waals surface area contributed by atoms with Crippen molar-refractivity contribution in [2.75, 3.05) is 4.90 Å². The number of anilines is 1. The van der Waals surface area contributed by atoms with Crippen molar-refractivity contribution in [1.82, 2.24) is 5.32 Å². The van der Waals surface area contributed by atoms with Gasteiger partial charge >= 0.3 is 0 Å². The van der Waals surface area contributed by atoms with Crippen LogP contribution in [0, 0.1) is 0 Å². The van der Waals surface area contributed by atoms with E-state index in [1.54, 1.807) is 71.6 Å². The minimum atomic E-state index is -1.60. The second-order valence-corrected chi connectivity index (χ2v) is 10.6. The lowest BCUT2D eigenvalue weighted by atomic mass is 10.1. The molecule has 0 saturated heterocycles. The minimum Gasteiger partial charge on any atom is -0.348 e. The van der Waals surface area contributed by atoms with Gasteiger partial charge in [-0.1, -0.05) is 59.6 Å². The summed E-state index contributed by atoms with van der Waals surface area (Å²) in [6, 6.07) is 26.2. The molecule has 4 aromatic carbocycles. The van der Waals surface area contributed by atoms with Crippen molar-refractivity contribution in [3.05, 3.63) is 123 Å². The van der Waals surface area contributed by atoms with E-state index in [2.05, 4.69) is 5.32 Å². The van der Waals surface area contributed by atoms with Crippen molar-refractivity contribution in [3.8, 4) is 0 Å². The highest BCUT2D eigenvalue weighted by atomic mass is 35.5. The van der Waals surface area contributed by atoms with E-state index >= 15 is 0 Å². The van der Waals surface area contributed by atoms with Crippen LogP contribution in [0.4, 0.5) is 5.69 Å². The molecule has 0 bridgehead atoms. The van der Waals surface area contributed by atoms with E-state index in [1.165, 1.54) is 0 Å². The Morgan fingerprint density at radius 3 is 2.36 bits per heavy atom. The first kappa shape index (κ1) is 24.3. The Balaban J connectivity index is 1.53. The second-order valence-electron chi connectivity index (χ2n) is 8.28. The number of nitrogens with one attached hydrogen (secondary N) is 1. The van der Waals surface area contributed by atoms with Crippen molar-refractivity contribution >= 4 is 51.5 Å². The van der Waals surface area contributed by atoms with Crippen LogP contribution in [0.1, 0.15) is 31.8 Å². The highest BCUT2D eigenvalue weighted by molar-refractivity contribution is 7.85. The number of fused-ring (bicyclic) bond motifs is 2. The molecule has 36 heavy (non-hydrogen) atoms. The lowest BCUT2D eigenvalue weighted by molar-refractivity contribution is 0.0947. The van der Waals surface area contributed by atoms with Gasteiger partial charge in [-0.2, -0.15) is 0 Å². The Bertz CT molecular complexity index is 1510. The number of benzene rings is 4. The van der Waals surface area contributed by atoms with Crippen LogP contribution in [0.15, 0.2) is 101 Å². The number of halogens is 2. The zero-order chi connectivity index (χ0) is 25.2. The average molecular weight is 535 g/mol. The van der Waals surface area contributed by atoms with E-state index in [9.17, 15) is 13.8 Å². The molecule has 8 heteroatoms. The van der Waals surface area contributed by atoms with Gasteiger partial charge in [0.2, 0.25) is 0 Å². The molecule has 5 rings (SSSR count). The molecule has 1 atom stereocenters. The standard InChI is InChI=1S/C28H20Cl2N2O3S/c29-21-11-8-18(9-12-21)16-31-27(33)20-10-13-26-24(15-20)32(17-19-4-3-5-22(30)14-19)28(34)23-6-1-2-7-25(23)36(26)35/h1-15H,16-17H2,(H,31,33)/t36-/m1/s1. The SMILES string of the molecule is O=C(NCc1ccc(Cl)cc1)c1ccc2c(c1)N(Cc1cccc(Cl)c1)C(=O)c1ccccc1[S@]2=O. The summed E-state index contributed by atoms with van der Waals surface area (Å²) in [6.45, 7) is 0.517. The maximum absolute atomic E-state index is 13.7. The smallest absolute Gasteiger partial charge is 0.259 e. The van der Waals surface area contributed by atoms with E-state index in [0.29, 0.717) is 43.2 Å². The van der Waals surface area contributed by atoms with Crippen LogP contribution in [0.5, 0.6) is 0 Å². The predicted molar refractivity (Wildman–Crippen MR) is 142 cm³/mol. The van der Waals surface area contributed by atoms with Crippen LogP contribution in [0.25, 0.3) is 0 Å². The quantitative estimate of drug-likeness (QED) is 0.329. The third kappa shape index (κ3) is 4.93. The summed E-state index contributed by atoms with van der Waals surface area (Å²) in [7, 11) is -1.60. The van der Waals surface area contributed by atoms with Crippen molar-refractivity contribution in [1.29, 1.82) is 0 Å². The van der Waals surface area contributed by atoms with Gasteiger partial charge in [0.15, 0.2) is 0 Å². The van der Waals surface area contributed by atoms with Gasteiger partial charge in [-0.05, 0) is 65.7 Å². The summed E-state index contributed by atoms with van der Waals surface area (Å²) in [5.41, 5.74) is 2.85. The molecular formula is C28H20Cl2N2O3S. The molecule has 0 aliphatic carbocycles. The maximum atomic E-state index is 13.7. The fourth-order valence-corrected chi connectivity index (χ4v) is 5.75. The molecule has 1 aliphatic rings. The van der Waals surface area contributed by atoms with Crippen LogP contribution in [-0.2, 0) is 23.9 Å². The summed E-state index contributed by atoms with van der Waals surface area (Å²) in [4.78, 5) is 29.2. The Labute approximate surface area is 221 Å². The van der Waals surface area contributed by atoms with Crippen LogP contribution in [0.3, 0.4) is 0 Å². The van der Waals surface area contributed by atoms with E-state index in [-0.39, 0.29) is 18.4 Å². The summed E-state index contributed by atoms with van der Waals surface area (Å²) in [5.74, 6) is -0.605. The Hall–Kier alpha value is -3.45. The summed E-state index contributed by atoms with van der Waals surface area (Å²) in [6.07, 6.45) is 0. The molecule has 0 fully saturated rings. The second kappa shape index (κ2) is 10.3. The van der Waals surface area contributed by atoms with E-state index in [4.69, 9.17) is 23.2 Å². The number of carbonyl (C=O) groups is 2. The number of hydrogen-bond donors (Lipinski definition) is 1. The van der Waals surface area contributed by atoms with Crippen molar-refractivity contribution in [2.24, 2.45) is 0 Å². The van der Waals surface area contributed by atoms with E-state index in [1.807, 2.05) is 24.3 Å². The first-order valence-corrected chi connectivity index (χ1v) is 13.0. The molecule has 1 aliphatic heterocycles. The molecule has 0 saturated carbocycles. The van der Waals surface area contributed by atoms with Crippen LogP contribution in [0.2, 0.25) is 10.0 Å². The van der Waals surface area contributed by atoms with Crippen molar-refractivity contribution in [3.63, 3.8) is 0 Å². The van der Waals surface area contributed by atoms with Gasteiger partial charge in [0.1, 0.15) is 0 Å². The van der Waals surface area contributed by atoms with Gasteiger partial charge in [0.05, 0.1) is 38.4 Å². The molecule has 0 aromatic heterocycles. The average Bonchev–Trinajstić information content (AvgIpc) is 2.97. The van der Waals surface area contributed by atoms with Gasteiger partial charge in [0.25, 0.3) is 11.8 Å². The number of hydrogen-bond acceptors (Lipinski definition) is 3. The predicted octanol–water partition coefficient (Wildman–Crippen LogP) is 6.25. The fraction of sp³-hybridized carbons (Fsp3) is 0.0714. The van der Waals surface area contributed by atoms with Crippen LogP contribution in [-0.4, -0.2) is 16.0 Å². The molecule has 4 aromatic rings. The fourth-order valence-electron chi connectivity index (χ4n) is 4.07. The lowest BCUT2D eigenvalue weighted by Gasteiger charge is -2.24. The minimum absolute atomic E-state index is 0.202. The highest BCUT2D eigenvalue weighted by Crippen LogP contribution is 2.36. The molecule has 0 spiro atoms. The molecule has 5 nitrogen and oxygen atoms in total. The Morgan fingerprint density at radius 1 is 0.806 bits per heavy atom. The number of carbonyl (C=O) groups excluding carboxylic acids is 2. The van der Waals surface area contributed by atoms with Crippen LogP contribution < -0.4 is 10.2 Å².